The van der Waals surface area contributed by atoms with E-state index in [4.69, 9.17) is 9.52 Å². The van der Waals surface area contributed by atoms with Crippen LogP contribution < -0.4 is 5.32 Å². The first-order valence-electron chi connectivity index (χ1n) is 6.81. The van der Waals surface area contributed by atoms with Gasteiger partial charge in [0.1, 0.15) is 11.6 Å². The van der Waals surface area contributed by atoms with Gasteiger partial charge in [0.2, 0.25) is 0 Å². The molecule has 0 bridgehead atoms. The summed E-state index contributed by atoms with van der Waals surface area (Å²) in [5.41, 5.74) is 0.666. The van der Waals surface area contributed by atoms with Crippen molar-refractivity contribution in [1.82, 2.24) is 5.32 Å². The summed E-state index contributed by atoms with van der Waals surface area (Å²) < 4.78 is 18.3. The van der Waals surface area contributed by atoms with Gasteiger partial charge in [0, 0.05) is 18.5 Å². The van der Waals surface area contributed by atoms with E-state index in [1.807, 2.05) is 0 Å². The standard InChI is InChI=1S/C16H16FNO4/c1-10(8-15(19)20)9-18-16(21)14-7-6-13(22-14)11-2-4-12(17)5-3-11/h2-7,10H,8-9H2,1H3,(H,18,21)(H,19,20). The van der Waals surface area contributed by atoms with E-state index in [2.05, 4.69) is 5.32 Å². The van der Waals surface area contributed by atoms with Crippen molar-refractivity contribution < 1.29 is 23.5 Å². The lowest BCUT2D eigenvalue weighted by Gasteiger charge is -2.09. The number of aliphatic carboxylic acids is 1. The van der Waals surface area contributed by atoms with E-state index in [-0.39, 0.29) is 30.5 Å². The number of nitrogens with one attached hydrogen (secondary N) is 1. The number of hydrogen-bond acceptors (Lipinski definition) is 3. The molecule has 5 nitrogen and oxygen atoms in total. The van der Waals surface area contributed by atoms with Gasteiger partial charge < -0.3 is 14.8 Å². The summed E-state index contributed by atoms with van der Waals surface area (Å²) in [5, 5.41) is 11.3. The highest BCUT2D eigenvalue weighted by molar-refractivity contribution is 5.92. The van der Waals surface area contributed by atoms with Crippen molar-refractivity contribution in [2.45, 2.75) is 13.3 Å². The van der Waals surface area contributed by atoms with Gasteiger partial charge in [-0.1, -0.05) is 6.92 Å². The highest BCUT2D eigenvalue weighted by Gasteiger charge is 2.14. The van der Waals surface area contributed by atoms with Crippen LogP contribution in [-0.2, 0) is 4.79 Å². The van der Waals surface area contributed by atoms with Crippen molar-refractivity contribution in [2.24, 2.45) is 5.92 Å². The number of hydrogen-bond donors (Lipinski definition) is 2. The molecule has 22 heavy (non-hydrogen) atoms. The molecule has 1 unspecified atom stereocenters. The smallest absolute Gasteiger partial charge is 0.303 e. The number of benzene rings is 1. The maximum atomic E-state index is 12.9. The fraction of sp³-hybridized carbons (Fsp3) is 0.250. The van der Waals surface area contributed by atoms with Crippen LogP contribution in [0, 0.1) is 11.7 Å². The van der Waals surface area contributed by atoms with E-state index in [0.717, 1.165) is 0 Å². The first-order valence-corrected chi connectivity index (χ1v) is 6.81. The minimum Gasteiger partial charge on any atom is -0.481 e. The molecule has 0 spiro atoms. The quantitative estimate of drug-likeness (QED) is 0.860. The van der Waals surface area contributed by atoms with Gasteiger partial charge in [0.15, 0.2) is 5.76 Å². The fourth-order valence-electron chi connectivity index (χ4n) is 1.95. The van der Waals surface area contributed by atoms with Gasteiger partial charge in [-0.15, -0.1) is 0 Å². The molecule has 0 radical (unpaired) electrons. The minimum absolute atomic E-state index is 0.0146. The summed E-state index contributed by atoms with van der Waals surface area (Å²) in [6.45, 7) is 1.98. The lowest BCUT2D eigenvalue weighted by atomic mass is 10.1. The summed E-state index contributed by atoms with van der Waals surface area (Å²) in [5.74, 6) is -1.25. The van der Waals surface area contributed by atoms with Gasteiger partial charge in [-0.25, -0.2) is 4.39 Å². The monoisotopic (exact) mass is 305 g/mol. The van der Waals surface area contributed by atoms with Crippen molar-refractivity contribution in [2.75, 3.05) is 6.54 Å². The molecule has 2 aromatic rings. The molecule has 0 aliphatic carbocycles. The van der Waals surface area contributed by atoms with Gasteiger partial charge in [-0.05, 0) is 42.3 Å². The normalized spacial score (nSPS) is 11.9. The Morgan fingerprint density at radius 1 is 1.23 bits per heavy atom. The molecule has 1 amide bonds. The SMILES string of the molecule is CC(CNC(=O)c1ccc(-c2ccc(F)cc2)o1)CC(=O)O. The van der Waals surface area contributed by atoms with Crippen molar-refractivity contribution in [1.29, 1.82) is 0 Å². The zero-order valence-corrected chi connectivity index (χ0v) is 12.0. The average Bonchev–Trinajstić information content (AvgIpc) is 2.94. The number of carbonyl (C=O) groups is 2. The molecule has 0 saturated heterocycles. The summed E-state index contributed by atoms with van der Waals surface area (Å²) in [7, 11) is 0. The second kappa shape index (κ2) is 6.89. The first kappa shape index (κ1) is 15.8. The third-order valence-corrected chi connectivity index (χ3v) is 3.09. The average molecular weight is 305 g/mol. The lowest BCUT2D eigenvalue weighted by Crippen LogP contribution is -2.28. The molecule has 0 fully saturated rings. The molecule has 2 N–H and O–H groups in total. The molecule has 2 rings (SSSR count). The Bertz CT molecular complexity index is 663. The summed E-state index contributed by atoms with van der Waals surface area (Å²) in [6.07, 6.45) is -0.0146. The molecule has 1 heterocycles. The number of furan rings is 1. The maximum Gasteiger partial charge on any atom is 0.303 e. The van der Waals surface area contributed by atoms with Crippen LogP contribution in [0.5, 0.6) is 0 Å². The number of carbonyl (C=O) groups excluding carboxylic acids is 1. The molecule has 1 aromatic carbocycles. The summed E-state index contributed by atoms with van der Waals surface area (Å²) >= 11 is 0. The Kier molecular flexibility index (Phi) is 4.93. The Labute approximate surface area is 126 Å². The van der Waals surface area contributed by atoms with Gasteiger partial charge in [-0.3, -0.25) is 9.59 Å². The zero-order chi connectivity index (χ0) is 16.1. The molecule has 116 valence electrons. The topological polar surface area (TPSA) is 79.5 Å². The van der Waals surface area contributed by atoms with E-state index in [0.29, 0.717) is 11.3 Å². The highest BCUT2D eigenvalue weighted by Crippen LogP contribution is 2.22. The zero-order valence-electron chi connectivity index (χ0n) is 12.0. The predicted molar refractivity (Wildman–Crippen MR) is 77.9 cm³/mol. The Hall–Kier alpha value is -2.63. The molecule has 1 aromatic heterocycles. The van der Waals surface area contributed by atoms with Crippen molar-refractivity contribution in [3.8, 4) is 11.3 Å². The van der Waals surface area contributed by atoms with E-state index >= 15 is 0 Å². The number of rotatable bonds is 6. The largest absolute Gasteiger partial charge is 0.481 e. The first-order chi connectivity index (χ1) is 10.5. The van der Waals surface area contributed by atoms with Gasteiger partial charge in [-0.2, -0.15) is 0 Å². The number of halogens is 1. The Morgan fingerprint density at radius 3 is 2.55 bits per heavy atom. The van der Waals surface area contributed by atoms with Gasteiger partial charge in [0.25, 0.3) is 5.91 Å². The molecular formula is C16H16FNO4. The molecule has 0 aliphatic heterocycles. The van der Waals surface area contributed by atoms with Crippen molar-refractivity contribution in [3.05, 3.63) is 48.0 Å². The van der Waals surface area contributed by atoms with E-state index in [9.17, 15) is 14.0 Å². The molecule has 0 aliphatic rings. The second-order valence-electron chi connectivity index (χ2n) is 5.08. The second-order valence-corrected chi connectivity index (χ2v) is 5.08. The van der Waals surface area contributed by atoms with Crippen LogP contribution in [0.4, 0.5) is 4.39 Å². The summed E-state index contributed by atoms with van der Waals surface area (Å²) in [6, 6.07) is 8.89. The molecule has 6 heteroatoms. The van der Waals surface area contributed by atoms with E-state index in [1.165, 1.54) is 18.2 Å². The predicted octanol–water partition coefficient (Wildman–Crippen LogP) is 2.93. The van der Waals surface area contributed by atoms with Crippen LogP contribution >= 0.6 is 0 Å². The molecule has 1 atom stereocenters. The number of carboxylic acid groups (broad SMARTS) is 1. The van der Waals surface area contributed by atoms with Crippen LogP contribution in [0.15, 0.2) is 40.8 Å². The fourth-order valence-corrected chi connectivity index (χ4v) is 1.95. The highest BCUT2D eigenvalue weighted by atomic mass is 19.1. The van der Waals surface area contributed by atoms with Crippen molar-refractivity contribution >= 4 is 11.9 Å². The third kappa shape index (κ3) is 4.18. The number of carboxylic acids is 1. The van der Waals surface area contributed by atoms with E-state index < -0.39 is 11.9 Å². The molecule has 0 saturated carbocycles. The Balaban J connectivity index is 1.97. The van der Waals surface area contributed by atoms with Crippen molar-refractivity contribution in [3.63, 3.8) is 0 Å². The lowest BCUT2D eigenvalue weighted by molar-refractivity contribution is -0.137. The van der Waals surface area contributed by atoms with Gasteiger partial charge >= 0.3 is 5.97 Å². The van der Waals surface area contributed by atoms with Crippen LogP contribution in [0.1, 0.15) is 23.9 Å². The number of amides is 1. The van der Waals surface area contributed by atoms with E-state index in [1.54, 1.807) is 25.1 Å². The maximum absolute atomic E-state index is 12.9. The minimum atomic E-state index is -0.904. The summed E-state index contributed by atoms with van der Waals surface area (Å²) in [4.78, 5) is 22.5. The Morgan fingerprint density at radius 2 is 1.91 bits per heavy atom. The van der Waals surface area contributed by atoms with Crippen LogP contribution in [0.25, 0.3) is 11.3 Å². The third-order valence-electron chi connectivity index (χ3n) is 3.09. The van der Waals surface area contributed by atoms with Gasteiger partial charge in [0.05, 0.1) is 0 Å². The van der Waals surface area contributed by atoms with Crippen LogP contribution in [0.3, 0.4) is 0 Å². The van der Waals surface area contributed by atoms with Crippen LogP contribution in [0.2, 0.25) is 0 Å². The van der Waals surface area contributed by atoms with Crippen LogP contribution in [-0.4, -0.2) is 23.5 Å². The molecular weight excluding hydrogens is 289 g/mol.